The Labute approximate surface area is 107 Å². The molecule has 0 spiro atoms. The predicted octanol–water partition coefficient (Wildman–Crippen LogP) is 2.81. The summed E-state index contributed by atoms with van der Waals surface area (Å²) in [6.45, 7) is 5.91. The molecule has 0 aliphatic carbocycles. The van der Waals surface area contributed by atoms with Gasteiger partial charge in [-0.05, 0) is 38.3 Å². The van der Waals surface area contributed by atoms with Crippen molar-refractivity contribution in [2.45, 2.75) is 40.0 Å². The van der Waals surface area contributed by atoms with Gasteiger partial charge in [0.15, 0.2) is 0 Å². The largest absolute Gasteiger partial charge is 0.481 e. The van der Waals surface area contributed by atoms with Crippen molar-refractivity contribution in [3.63, 3.8) is 0 Å². The van der Waals surface area contributed by atoms with Gasteiger partial charge in [0.1, 0.15) is 0 Å². The highest BCUT2D eigenvalue weighted by molar-refractivity contribution is 5.92. The molecule has 1 amide bonds. The van der Waals surface area contributed by atoms with E-state index in [4.69, 9.17) is 5.11 Å². The van der Waals surface area contributed by atoms with Crippen LogP contribution in [-0.4, -0.2) is 17.0 Å². The highest BCUT2D eigenvalue weighted by Gasteiger charge is 2.08. The average Bonchev–Trinajstić information content (AvgIpc) is 2.22. The molecule has 0 heterocycles. The highest BCUT2D eigenvalue weighted by Crippen LogP contribution is 2.22. The highest BCUT2D eigenvalue weighted by atomic mass is 16.4. The van der Waals surface area contributed by atoms with Crippen molar-refractivity contribution in [1.29, 1.82) is 0 Å². The lowest BCUT2D eigenvalue weighted by Gasteiger charge is -2.12. The lowest BCUT2D eigenvalue weighted by atomic mass is 10.0. The van der Waals surface area contributed by atoms with Crippen molar-refractivity contribution in [3.8, 4) is 0 Å². The number of carboxylic acid groups (broad SMARTS) is 1. The number of carbonyl (C=O) groups excluding carboxylic acids is 1. The Kier molecular flexibility index (Phi) is 4.89. The molecule has 0 saturated heterocycles. The fraction of sp³-hybridized carbons (Fsp3) is 0.429. The maximum Gasteiger partial charge on any atom is 0.303 e. The number of carbonyl (C=O) groups is 2. The maximum absolute atomic E-state index is 11.7. The van der Waals surface area contributed by atoms with Gasteiger partial charge < -0.3 is 10.4 Å². The molecule has 1 rings (SSSR count). The van der Waals surface area contributed by atoms with Gasteiger partial charge in [-0.3, -0.25) is 9.59 Å². The first-order chi connectivity index (χ1) is 8.40. The first-order valence-corrected chi connectivity index (χ1v) is 5.99. The number of rotatable bonds is 5. The third-order valence-corrected chi connectivity index (χ3v) is 2.74. The van der Waals surface area contributed by atoms with Crippen LogP contribution < -0.4 is 5.32 Å². The van der Waals surface area contributed by atoms with Gasteiger partial charge >= 0.3 is 5.97 Å². The van der Waals surface area contributed by atoms with Gasteiger partial charge in [-0.25, -0.2) is 0 Å². The number of aliphatic carboxylic acids is 1. The number of hydrogen-bond acceptors (Lipinski definition) is 2. The Bertz CT molecular complexity index is 443. The topological polar surface area (TPSA) is 66.4 Å². The van der Waals surface area contributed by atoms with Crippen LogP contribution in [0.15, 0.2) is 12.1 Å². The molecule has 0 aliphatic rings. The molecule has 2 N–H and O–H groups in total. The molecule has 0 saturated carbocycles. The summed E-state index contributed by atoms with van der Waals surface area (Å²) < 4.78 is 0. The molecule has 0 radical (unpaired) electrons. The predicted molar refractivity (Wildman–Crippen MR) is 70.8 cm³/mol. The molecular weight excluding hydrogens is 230 g/mol. The Morgan fingerprint density at radius 1 is 1.11 bits per heavy atom. The molecule has 0 atom stereocenters. The molecule has 0 aliphatic heterocycles. The summed E-state index contributed by atoms with van der Waals surface area (Å²) in [5, 5.41) is 11.4. The summed E-state index contributed by atoms with van der Waals surface area (Å²) in [6.07, 6.45) is 0.628. The summed E-state index contributed by atoms with van der Waals surface area (Å²) >= 11 is 0. The average molecular weight is 249 g/mol. The quantitative estimate of drug-likeness (QED) is 0.843. The van der Waals surface area contributed by atoms with Crippen molar-refractivity contribution >= 4 is 17.6 Å². The molecule has 4 nitrogen and oxygen atoms in total. The second-order valence-electron chi connectivity index (χ2n) is 4.57. The SMILES string of the molecule is Cc1cc(C)c(NC(=O)CCCC(=O)O)c(C)c1. The zero-order valence-corrected chi connectivity index (χ0v) is 11.0. The van der Waals surface area contributed by atoms with E-state index in [-0.39, 0.29) is 18.7 Å². The van der Waals surface area contributed by atoms with Gasteiger partial charge in [0.05, 0.1) is 0 Å². The van der Waals surface area contributed by atoms with E-state index in [9.17, 15) is 9.59 Å². The van der Waals surface area contributed by atoms with Gasteiger partial charge in [0.25, 0.3) is 0 Å². The summed E-state index contributed by atoms with van der Waals surface area (Å²) in [6, 6.07) is 4.03. The first kappa shape index (κ1) is 14.2. The molecule has 1 aromatic rings. The number of benzene rings is 1. The van der Waals surface area contributed by atoms with Crippen molar-refractivity contribution < 1.29 is 14.7 Å². The van der Waals surface area contributed by atoms with Crippen LogP contribution in [0.5, 0.6) is 0 Å². The second-order valence-corrected chi connectivity index (χ2v) is 4.57. The van der Waals surface area contributed by atoms with E-state index in [0.717, 1.165) is 22.4 Å². The van der Waals surface area contributed by atoms with E-state index in [2.05, 4.69) is 5.32 Å². The van der Waals surface area contributed by atoms with Crippen LogP contribution in [-0.2, 0) is 9.59 Å². The van der Waals surface area contributed by atoms with Crippen LogP contribution >= 0.6 is 0 Å². The number of anilines is 1. The first-order valence-electron chi connectivity index (χ1n) is 5.99. The molecule has 0 unspecified atom stereocenters. The minimum absolute atomic E-state index is 0.0271. The zero-order valence-electron chi connectivity index (χ0n) is 11.0. The molecule has 0 bridgehead atoms. The fourth-order valence-electron chi connectivity index (χ4n) is 1.98. The number of amides is 1. The van der Waals surface area contributed by atoms with E-state index in [1.165, 1.54) is 0 Å². The number of nitrogens with one attached hydrogen (secondary N) is 1. The van der Waals surface area contributed by atoms with Gasteiger partial charge in [-0.15, -0.1) is 0 Å². The van der Waals surface area contributed by atoms with Crippen molar-refractivity contribution in [2.75, 3.05) is 5.32 Å². The Morgan fingerprint density at radius 3 is 2.17 bits per heavy atom. The monoisotopic (exact) mass is 249 g/mol. The summed E-state index contributed by atoms with van der Waals surface area (Å²) in [5.41, 5.74) is 4.05. The molecule has 1 aromatic carbocycles. The molecule has 18 heavy (non-hydrogen) atoms. The van der Waals surface area contributed by atoms with Crippen LogP contribution in [0.2, 0.25) is 0 Å². The van der Waals surface area contributed by atoms with E-state index in [1.54, 1.807) is 0 Å². The van der Waals surface area contributed by atoms with E-state index in [1.807, 2.05) is 32.9 Å². The Morgan fingerprint density at radius 2 is 1.67 bits per heavy atom. The molecule has 0 fully saturated rings. The normalized spacial score (nSPS) is 10.2. The third-order valence-electron chi connectivity index (χ3n) is 2.74. The summed E-state index contributed by atoms with van der Waals surface area (Å²) in [4.78, 5) is 22.0. The molecule has 98 valence electrons. The lowest BCUT2D eigenvalue weighted by molar-refractivity contribution is -0.137. The second kappa shape index (κ2) is 6.19. The zero-order chi connectivity index (χ0) is 13.7. The van der Waals surface area contributed by atoms with Gasteiger partial charge in [-0.2, -0.15) is 0 Å². The van der Waals surface area contributed by atoms with E-state index in [0.29, 0.717) is 6.42 Å². The minimum Gasteiger partial charge on any atom is -0.481 e. The summed E-state index contributed by atoms with van der Waals surface area (Å²) in [5.74, 6) is -1.00. The molecule has 0 aromatic heterocycles. The van der Waals surface area contributed by atoms with Crippen molar-refractivity contribution in [2.24, 2.45) is 0 Å². The van der Waals surface area contributed by atoms with Crippen LogP contribution in [0.1, 0.15) is 36.0 Å². The third kappa shape index (κ3) is 4.20. The van der Waals surface area contributed by atoms with E-state index >= 15 is 0 Å². The number of aryl methyl sites for hydroxylation is 3. The van der Waals surface area contributed by atoms with Gasteiger partial charge in [-0.1, -0.05) is 17.7 Å². The van der Waals surface area contributed by atoms with E-state index < -0.39 is 5.97 Å². The fourth-order valence-corrected chi connectivity index (χ4v) is 1.98. The minimum atomic E-state index is -0.870. The van der Waals surface area contributed by atoms with Gasteiger partial charge in [0, 0.05) is 18.5 Å². The van der Waals surface area contributed by atoms with Crippen molar-refractivity contribution in [3.05, 3.63) is 28.8 Å². The van der Waals surface area contributed by atoms with Crippen molar-refractivity contribution in [1.82, 2.24) is 0 Å². The number of carboxylic acids is 1. The van der Waals surface area contributed by atoms with Gasteiger partial charge in [0.2, 0.25) is 5.91 Å². The molecular formula is C14H19NO3. The standard InChI is InChI=1S/C14H19NO3/c1-9-7-10(2)14(11(3)8-9)15-12(16)5-4-6-13(17)18/h7-8H,4-6H2,1-3H3,(H,15,16)(H,17,18). The van der Waals surface area contributed by atoms with Crippen LogP contribution in [0.25, 0.3) is 0 Å². The molecule has 4 heteroatoms. The lowest BCUT2D eigenvalue weighted by Crippen LogP contribution is -2.13. The number of hydrogen-bond donors (Lipinski definition) is 2. The van der Waals surface area contributed by atoms with Crippen LogP contribution in [0.4, 0.5) is 5.69 Å². The van der Waals surface area contributed by atoms with Crippen LogP contribution in [0, 0.1) is 20.8 Å². The smallest absolute Gasteiger partial charge is 0.303 e. The summed E-state index contributed by atoms with van der Waals surface area (Å²) in [7, 11) is 0. The Balaban J connectivity index is 2.62. The van der Waals surface area contributed by atoms with Crippen LogP contribution in [0.3, 0.4) is 0 Å². The Hall–Kier alpha value is -1.84. The maximum atomic E-state index is 11.7.